The van der Waals surface area contributed by atoms with Gasteiger partial charge in [0.25, 0.3) is 0 Å². The summed E-state index contributed by atoms with van der Waals surface area (Å²) in [4.78, 5) is 2.20. The summed E-state index contributed by atoms with van der Waals surface area (Å²) in [5.41, 5.74) is 8.60. The monoisotopic (exact) mass is 287 g/mol. The second-order valence-electron chi connectivity index (χ2n) is 4.92. The SMILES string of the molecule is CN(Cc1cccc(Cl)c1)Cc1cccc(C(=N)N)c1. The molecule has 0 unspecified atom stereocenters. The Balaban J connectivity index is 2.02. The van der Waals surface area contributed by atoms with Crippen molar-refractivity contribution in [1.29, 1.82) is 5.41 Å². The highest BCUT2D eigenvalue weighted by atomic mass is 35.5. The van der Waals surface area contributed by atoms with Crippen LogP contribution in [-0.4, -0.2) is 17.8 Å². The summed E-state index contributed by atoms with van der Waals surface area (Å²) < 4.78 is 0. The first-order chi connectivity index (χ1) is 9.54. The molecule has 0 bridgehead atoms. The Kier molecular flexibility index (Phi) is 4.77. The third-order valence-corrected chi connectivity index (χ3v) is 3.27. The van der Waals surface area contributed by atoms with Crippen LogP contribution in [0.25, 0.3) is 0 Å². The average Bonchev–Trinajstić information content (AvgIpc) is 2.38. The number of nitrogens with one attached hydrogen (secondary N) is 1. The van der Waals surface area contributed by atoms with Gasteiger partial charge < -0.3 is 5.73 Å². The average molecular weight is 288 g/mol. The molecular formula is C16H18ClN3. The van der Waals surface area contributed by atoms with Crippen molar-refractivity contribution in [3.8, 4) is 0 Å². The zero-order valence-corrected chi connectivity index (χ0v) is 12.2. The van der Waals surface area contributed by atoms with Crippen LogP contribution in [0.5, 0.6) is 0 Å². The molecule has 0 aliphatic carbocycles. The summed E-state index contributed by atoms with van der Waals surface area (Å²) in [6, 6.07) is 15.7. The first kappa shape index (κ1) is 14.6. The maximum absolute atomic E-state index is 7.47. The quantitative estimate of drug-likeness (QED) is 0.655. The van der Waals surface area contributed by atoms with Gasteiger partial charge in [-0.15, -0.1) is 0 Å². The lowest BCUT2D eigenvalue weighted by atomic mass is 10.1. The maximum atomic E-state index is 7.47. The first-order valence-corrected chi connectivity index (χ1v) is 6.79. The number of hydrogen-bond donors (Lipinski definition) is 2. The fraction of sp³-hybridized carbons (Fsp3) is 0.188. The third-order valence-electron chi connectivity index (χ3n) is 3.03. The van der Waals surface area contributed by atoms with E-state index in [2.05, 4.69) is 18.0 Å². The number of rotatable bonds is 5. The molecule has 0 spiro atoms. The molecule has 0 amide bonds. The van der Waals surface area contributed by atoms with E-state index in [0.717, 1.165) is 29.2 Å². The van der Waals surface area contributed by atoms with Crippen molar-refractivity contribution >= 4 is 17.4 Å². The van der Waals surface area contributed by atoms with Crippen LogP contribution >= 0.6 is 11.6 Å². The summed E-state index contributed by atoms with van der Waals surface area (Å²) in [5, 5.41) is 8.23. The van der Waals surface area contributed by atoms with E-state index in [1.54, 1.807) is 0 Å². The summed E-state index contributed by atoms with van der Waals surface area (Å²) in [7, 11) is 2.06. The lowest BCUT2D eigenvalue weighted by molar-refractivity contribution is 0.319. The fourth-order valence-electron chi connectivity index (χ4n) is 2.15. The molecule has 2 aromatic rings. The lowest BCUT2D eigenvalue weighted by Crippen LogP contribution is -2.18. The highest BCUT2D eigenvalue weighted by Crippen LogP contribution is 2.14. The van der Waals surface area contributed by atoms with Crippen LogP contribution < -0.4 is 5.73 Å². The van der Waals surface area contributed by atoms with E-state index in [4.69, 9.17) is 22.7 Å². The maximum Gasteiger partial charge on any atom is 0.122 e. The van der Waals surface area contributed by atoms with Crippen LogP contribution in [0.2, 0.25) is 5.02 Å². The summed E-state index contributed by atoms with van der Waals surface area (Å²) >= 11 is 5.99. The molecule has 2 rings (SSSR count). The van der Waals surface area contributed by atoms with Crippen molar-refractivity contribution in [2.45, 2.75) is 13.1 Å². The topological polar surface area (TPSA) is 53.1 Å². The van der Waals surface area contributed by atoms with Crippen molar-refractivity contribution in [1.82, 2.24) is 4.90 Å². The minimum atomic E-state index is 0.101. The van der Waals surface area contributed by atoms with Crippen molar-refractivity contribution in [2.24, 2.45) is 5.73 Å². The Morgan fingerprint density at radius 2 is 1.70 bits per heavy atom. The normalized spacial score (nSPS) is 10.8. The minimum absolute atomic E-state index is 0.101. The fourth-order valence-corrected chi connectivity index (χ4v) is 2.36. The van der Waals surface area contributed by atoms with Crippen LogP contribution in [0, 0.1) is 5.41 Å². The molecule has 0 radical (unpaired) electrons. The summed E-state index contributed by atoms with van der Waals surface area (Å²) in [5.74, 6) is 0.101. The van der Waals surface area contributed by atoms with Crippen LogP contribution in [0.3, 0.4) is 0 Å². The number of amidine groups is 1. The van der Waals surface area contributed by atoms with Crippen molar-refractivity contribution in [3.63, 3.8) is 0 Å². The minimum Gasteiger partial charge on any atom is -0.384 e. The van der Waals surface area contributed by atoms with Crippen molar-refractivity contribution in [3.05, 3.63) is 70.2 Å². The molecule has 0 saturated heterocycles. The number of nitrogens with zero attached hydrogens (tertiary/aromatic N) is 1. The van der Waals surface area contributed by atoms with E-state index >= 15 is 0 Å². The molecule has 0 aliphatic heterocycles. The van der Waals surface area contributed by atoms with Crippen LogP contribution in [0.15, 0.2) is 48.5 Å². The Morgan fingerprint density at radius 1 is 1.10 bits per heavy atom. The van der Waals surface area contributed by atoms with E-state index in [-0.39, 0.29) is 5.84 Å². The zero-order chi connectivity index (χ0) is 14.5. The molecule has 0 fully saturated rings. The van der Waals surface area contributed by atoms with Crippen LogP contribution in [0.4, 0.5) is 0 Å². The number of hydrogen-bond acceptors (Lipinski definition) is 2. The molecular weight excluding hydrogens is 270 g/mol. The van der Waals surface area contributed by atoms with Gasteiger partial charge >= 0.3 is 0 Å². The molecule has 0 aliphatic rings. The van der Waals surface area contributed by atoms with E-state index in [9.17, 15) is 0 Å². The van der Waals surface area contributed by atoms with Gasteiger partial charge in [-0.25, -0.2) is 0 Å². The highest BCUT2D eigenvalue weighted by Gasteiger charge is 2.04. The van der Waals surface area contributed by atoms with E-state index in [1.807, 2.05) is 42.5 Å². The zero-order valence-electron chi connectivity index (χ0n) is 11.4. The van der Waals surface area contributed by atoms with Gasteiger partial charge in [0.1, 0.15) is 5.84 Å². The predicted octanol–water partition coefficient (Wildman–Crippen LogP) is 3.26. The molecule has 3 nitrogen and oxygen atoms in total. The molecule has 0 atom stereocenters. The summed E-state index contributed by atoms with van der Waals surface area (Å²) in [6.45, 7) is 1.62. The standard InChI is InChI=1S/C16H18ClN3/c1-20(11-13-5-3-7-15(17)9-13)10-12-4-2-6-14(8-12)16(18)19/h2-9H,10-11H2,1H3,(H3,18,19). The predicted molar refractivity (Wildman–Crippen MR) is 84.1 cm³/mol. The molecule has 0 heterocycles. The van der Waals surface area contributed by atoms with Gasteiger partial charge in [-0.3, -0.25) is 10.3 Å². The summed E-state index contributed by atoms with van der Waals surface area (Å²) in [6.07, 6.45) is 0. The molecule has 4 heteroatoms. The van der Waals surface area contributed by atoms with Gasteiger partial charge in [-0.05, 0) is 36.4 Å². The van der Waals surface area contributed by atoms with Gasteiger partial charge in [-0.1, -0.05) is 41.9 Å². The molecule has 104 valence electrons. The molecule has 20 heavy (non-hydrogen) atoms. The molecule has 3 N–H and O–H groups in total. The number of halogens is 1. The Morgan fingerprint density at radius 3 is 2.30 bits per heavy atom. The van der Waals surface area contributed by atoms with Gasteiger partial charge in [0.2, 0.25) is 0 Å². The second kappa shape index (κ2) is 6.55. The molecule has 2 aromatic carbocycles. The first-order valence-electron chi connectivity index (χ1n) is 6.41. The molecule has 0 saturated carbocycles. The van der Waals surface area contributed by atoms with Crippen molar-refractivity contribution in [2.75, 3.05) is 7.05 Å². The second-order valence-corrected chi connectivity index (χ2v) is 5.35. The number of nitrogens with two attached hydrogens (primary N) is 1. The number of benzene rings is 2. The Bertz CT molecular complexity index is 610. The third kappa shape index (κ3) is 4.08. The van der Waals surface area contributed by atoms with Gasteiger partial charge in [0.05, 0.1) is 0 Å². The lowest BCUT2D eigenvalue weighted by Gasteiger charge is -2.17. The van der Waals surface area contributed by atoms with Gasteiger partial charge in [0.15, 0.2) is 0 Å². The van der Waals surface area contributed by atoms with E-state index < -0.39 is 0 Å². The van der Waals surface area contributed by atoms with Crippen LogP contribution in [0.1, 0.15) is 16.7 Å². The largest absolute Gasteiger partial charge is 0.384 e. The molecule has 0 aromatic heterocycles. The van der Waals surface area contributed by atoms with E-state index in [0.29, 0.717) is 0 Å². The Labute approximate surface area is 124 Å². The van der Waals surface area contributed by atoms with E-state index in [1.165, 1.54) is 5.56 Å². The van der Waals surface area contributed by atoms with Crippen molar-refractivity contribution < 1.29 is 0 Å². The highest BCUT2D eigenvalue weighted by molar-refractivity contribution is 6.30. The Hall–Kier alpha value is -1.84. The van der Waals surface area contributed by atoms with Gasteiger partial charge in [0, 0.05) is 23.7 Å². The smallest absolute Gasteiger partial charge is 0.122 e. The van der Waals surface area contributed by atoms with Gasteiger partial charge in [-0.2, -0.15) is 0 Å². The number of nitrogen functional groups attached to an aromatic ring is 1. The van der Waals surface area contributed by atoms with Crippen LogP contribution in [-0.2, 0) is 13.1 Å².